The summed E-state index contributed by atoms with van der Waals surface area (Å²) in [5, 5.41) is 9.84. The SMILES string of the molecule is CCCCCCCCCCCCCc1ccc(CC(C)c2ccc(O)cc2CCC)cc1. The first-order chi connectivity index (χ1) is 15.6. The number of phenolic OH excluding ortho intramolecular Hbond substituents is 1. The van der Waals surface area contributed by atoms with Gasteiger partial charge in [-0.1, -0.05) is 122 Å². The molecular formula is C31H48O. The Labute approximate surface area is 198 Å². The van der Waals surface area contributed by atoms with Crippen LogP contribution in [-0.2, 0) is 19.3 Å². The van der Waals surface area contributed by atoms with Gasteiger partial charge in [0.05, 0.1) is 0 Å². The van der Waals surface area contributed by atoms with Crippen molar-refractivity contribution in [2.75, 3.05) is 0 Å². The molecule has 0 saturated heterocycles. The van der Waals surface area contributed by atoms with E-state index in [-0.39, 0.29) is 0 Å². The minimum atomic E-state index is 0.385. The van der Waals surface area contributed by atoms with Crippen LogP contribution >= 0.6 is 0 Å². The van der Waals surface area contributed by atoms with Gasteiger partial charge in [0.1, 0.15) is 5.75 Å². The third kappa shape index (κ3) is 10.2. The fourth-order valence-corrected chi connectivity index (χ4v) is 4.86. The van der Waals surface area contributed by atoms with Crippen molar-refractivity contribution < 1.29 is 5.11 Å². The molecule has 1 heteroatoms. The van der Waals surface area contributed by atoms with Gasteiger partial charge in [-0.25, -0.2) is 0 Å². The Morgan fingerprint density at radius 2 is 1.19 bits per heavy atom. The quantitative estimate of drug-likeness (QED) is 0.245. The maximum Gasteiger partial charge on any atom is 0.115 e. The number of hydrogen-bond acceptors (Lipinski definition) is 1. The molecule has 0 amide bonds. The number of aromatic hydroxyl groups is 1. The van der Waals surface area contributed by atoms with Crippen molar-refractivity contribution in [1.29, 1.82) is 0 Å². The van der Waals surface area contributed by atoms with E-state index in [0.717, 1.165) is 19.3 Å². The molecule has 0 spiro atoms. The fraction of sp³-hybridized carbons (Fsp3) is 0.613. The molecule has 0 heterocycles. The molecule has 0 aromatic heterocycles. The minimum Gasteiger partial charge on any atom is -0.508 e. The van der Waals surface area contributed by atoms with Crippen LogP contribution in [0.15, 0.2) is 42.5 Å². The molecule has 1 N–H and O–H groups in total. The fourth-order valence-electron chi connectivity index (χ4n) is 4.86. The minimum absolute atomic E-state index is 0.385. The maximum absolute atomic E-state index is 9.84. The van der Waals surface area contributed by atoms with Crippen LogP contribution in [0.2, 0.25) is 0 Å². The highest BCUT2D eigenvalue weighted by Crippen LogP contribution is 2.28. The molecule has 178 valence electrons. The number of benzene rings is 2. The average molecular weight is 437 g/mol. The zero-order valence-electron chi connectivity index (χ0n) is 21.2. The second-order valence-electron chi connectivity index (χ2n) is 9.84. The molecular weight excluding hydrogens is 388 g/mol. The summed E-state index contributed by atoms with van der Waals surface area (Å²) in [6.45, 7) is 6.80. The van der Waals surface area contributed by atoms with E-state index in [1.165, 1.54) is 99.3 Å². The normalized spacial score (nSPS) is 12.2. The van der Waals surface area contributed by atoms with Crippen molar-refractivity contribution in [3.05, 3.63) is 64.7 Å². The lowest BCUT2D eigenvalue weighted by molar-refractivity contribution is 0.474. The van der Waals surface area contributed by atoms with Gasteiger partial charge in [0.2, 0.25) is 0 Å². The van der Waals surface area contributed by atoms with Crippen molar-refractivity contribution in [2.24, 2.45) is 0 Å². The molecule has 1 nitrogen and oxygen atoms in total. The predicted octanol–water partition coefficient (Wildman–Crippen LogP) is 9.54. The molecule has 1 unspecified atom stereocenters. The second kappa shape index (κ2) is 15.9. The molecule has 1 atom stereocenters. The third-order valence-corrected chi connectivity index (χ3v) is 6.81. The number of aryl methyl sites for hydroxylation is 2. The van der Waals surface area contributed by atoms with Gasteiger partial charge >= 0.3 is 0 Å². The monoisotopic (exact) mass is 436 g/mol. The van der Waals surface area contributed by atoms with Gasteiger partial charge in [-0.05, 0) is 66.0 Å². The Balaban J connectivity index is 1.65. The van der Waals surface area contributed by atoms with Crippen LogP contribution < -0.4 is 0 Å². The Morgan fingerprint density at radius 1 is 0.625 bits per heavy atom. The van der Waals surface area contributed by atoms with Crippen molar-refractivity contribution in [1.82, 2.24) is 0 Å². The molecule has 2 aromatic carbocycles. The van der Waals surface area contributed by atoms with Crippen molar-refractivity contribution in [2.45, 2.75) is 123 Å². The highest BCUT2D eigenvalue weighted by Gasteiger charge is 2.12. The van der Waals surface area contributed by atoms with Crippen LogP contribution in [0, 0.1) is 0 Å². The number of hydrogen-bond donors (Lipinski definition) is 1. The van der Waals surface area contributed by atoms with Crippen LogP contribution in [0.4, 0.5) is 0 Å². The lowest BCUT2D eigenvalue weighted by Crippen LogP contribution is -2.03. The molecule has 2 aromatic rings. The lowest BCUT2D eigenvalue weighted by atomic mass is 9.88. The topological polar surface area (TPSA) is 20.2 Å². The highest BCUT2D eigenvalue weighted by atomic mass is 16.3. The maximum atomic E-state index is 9.84. The van der Waals surface area contributed by atoms with E-state index in [1.54, 1.807) is 0 Å². The summed E-state index contributed by atoms with van der Waals surface area (Å²) in [6, 6.07) is 15.2. The Morgan fingerprint density at radius 3 is 1.78 bits per heavy atom. The van der Waals surface area contributed by atoms with Gasteiger partial charge in [0, 0.05) is 0 Å². The number of phenols is 1. The summed E-state index contributed by atoms with van der Waals surface area (Å²) in [5.41, 5.74) is 5.58. The first kappa shape index (κ1) is 26.5. The molecule has 2 rings (SSSR count). The summed E-state index contributed by atoms with van der Waals surface area (Å²) in [5.74, 6) is 0.853. The van der Waals surface area contributed by atoms with Crippen molar-refractivity contribution >= 4 is 0 Å². The zero-order chi connectivity index (χ0) is 23.0. The standard InChI is InChI=1S/C31H48O/c1-4-6-7-8-9-10-11-12-13-14-15-17-27-18-20-28(21-19-27)24-26(3)31-23-22-30(32)25-29(31)16-5-2/h18-23,25-26,32H,4-17,24H2,1-3H3. The van der Waals surface area contributed by atoms with Gasteiger partial charge in [-0.3, -0.25) is 0 Å². The van der Waals surface area contributed by atoms with Crippen LogP contribution in [0.25, 0.3) is 0 Å². The predicted molar refractivity (Wildman–Crippen MR) is 141 cm³/mol. The Kier molecular flexibility index (Phi) is 13.2. The van der Waals surface area contributed by atoms with Gasteiger partial charge in [-0.15, -0.1) is 0 Å². The van der Waals surface area contributed by atoms with Crippen LogP contribution in [-0.4, -0.2) is 5.11 Å². The van der Waals surface area contributed by atoms with E-state index in [2.05, 4.69) is 51.1 Å². The first-order valence-electron chi connectivity index (χ1n) is 13.5. The Hall–Kier alpha value is -1.76. The lowest BCUT2D eigenvalue weighted by Gasteiger charge is -2.17. The molecule has 0 aliphatic heterocycles. The second-order valence-corrected chi connectivity index (χ2v) is 9.84. The molecule has 0 radical (unpaired) electrons. The molecule has 32 heavy (non-hydrogen) atoms. The van der Waals surface area contributed by atoms with Crippen molar-refractivity contribution in [3.8, 4) is 5.75 Å². The molecule has 0 saturated carbocycles. The molecule has 0 aliphatic carbocycles. The zero-order valence-corrected chi connectivity index (χ0v) is 21.2. The summed E-state index contributed by atoms with van der Waals surface area (Å²) >= 11 is 0. The van der Waals surface area contributed by atoms with E-state index in [1.807, 2.05) is 12.1 Å². The number of rotatable bonds is 17. The van der Waals surface area contributed by atoms with E-state index in [9.17, 15) is 5.11 Å². The summed E-state index contributed by atoms with van der Waals surface area (Å²) < 4.78 is 0. The number of unbranched alkanes of at least 4 members (excludes halogenated alkanes) is 10. The van der Waals surface area contributed by atoms with Crippen LogP contribution in [0.1, 0.15) is 126 Å². The molecule has 0 aliphatic rings. The van der Waals surface area contributed by atoms with Crippen molar-refractivity contribution in [3.63, 3.8) is 0 Å². The van der Waals surface area contributed by atoms with Crippen LogP contribution in [0.5, 0.6) is 5.75 Å². The van der Waals surface area contributed by atoms with E-state index in [4.69, 9.17) is 0 Å². The van der Waals surface area contributed by atoms with Gasteiger partial charge in [0.15, 0.2) is 0 Å². The smallest absolute Gasteiger partial charge is 0.115 e. The van der Waals surface area contributed by atoms with E-state index >= 15 is 0 Å². The van der Waals surface area contributed by atoms with Gasteiger partial charge in [0.25, 0.3) is 0 Å². The third-order valence-electron chi connectivity index (χ3n) is 6.81. The van der Waals surface area contributed by atoms with Crippen LogP contribution in [0.3, 0.4) is 0 Å². The summed E-state index contributed by atoms with van der Waals surface area (Å²) in [7, 11) is 0. The van der Waals surface area contributed by atoms with E-state index < -0.39 is 0 Å². The Bertz CT molecular complexity index is 731. The highest BCUT2D eigenvalue weighted by molar-refractivity contribution is 5.38. The van der Waals surface area contributed by atoms with Gasteiger partial charge in [-0.2, -0.15) is 0 Å². The van der Waals surface area contributed by atoms with E-state index in [0.29, 0.717) is 11.7 Å². The largest absolute Gasteiger partial charge is 0.508 e. The molecule has 0 bridgehead atoms. The van der Waals surface area contributed by atoms with Gasteiger partial charge < -0.3 is 5.11 Å². The first-order valence-corrected chi connectivity index (χ1v) is 13.5. The summed E-state index contributed by atoms with van der Waals surface area (Å²) in [6.07, 6.45) is 19.9. The molecule has 0 fully saturated rings. The summed E-state index contributed by atoms with van der Waals surface area (Å²) in [4.78, 5) is 0. The average Bonchev–Trinajstić information content (AvgIpc) is 2.79.